The quantitative estimate of drug-likeness (QED) is 0.821. The number of rotatable bonds is 6. The van der Waals surface area contributed by atoms with Crippen LogP contribution in [-0.4, -0.2) is 18.7 Å². The van der Waals surface area contributed by atoms with E-state index in [-0.39, 0.29) is 18.0 Å². The Kier molecular flexibility index (Phi) is 4.13. The second-order valence-electron chi connectivity index (χ2n) is 4.91. The minimum Gasteiger partial charge on any atom is -0.370 e. The first-order valence-corrected chi connectivity index (χ1v) is 6.29. The van der Waals surface area contributed by atoms with Crippen LogP contribution in [0.25, 0.3) is 0 Å². The molecule has 1 aromatic rings. The van der Waals surface area contributed by atoms with Crippen molar-refractivity contribution in [3.63, 3.8) is 0 Å². The summed E-state index contributed by atoms with van der Waals surface area (Å²) < 4.78 is 18.7. The Morgan fingerprint density at radius 1 is 1.29 bits per heavy atom. The minimum atomic E-state index is -0.202. The van der Waals surface area contributed by atoms with E-state index in [4.69, 9.17) is 4.74 Å². The van der Waals surface area contributed by atoms with E-state index < -0.39 is 0 Å². The predicted octanol–water partition coefficient (Wildman–Crippen LogP) is 3.04. The van der Waals surface area contributed by atoms with E-state index in [9.17, 15) is 4.39 Å². The zero-order valence-corrected chi connectivity index (χ0v) is 10.4. The Morgan fingerprint density at radius 3 is 2.47 bits per heavy atom. The molecule has 3 heteroatoms. The van der Waals surface area contributed by atoms with Crippen molar-refractivity contribution in [1.29, 1.82) is 0 Å². The molecule has 2 rings (SSSR count). The first-order chi connectivity index (χ1) is 8.15. The molecular weight excluding hydrogens is 217 g/mol. The van der Waals surface area contributed by atoms with Crippen molar-refractivity contribution in [3.8, 4) is 0 Å². The fourth-order valence-corrected chi connectivity index (χ4v) is 1.81. The number of benzene rings is 1. The molecule has 0 aromatic heterocycles. The second-order valence-corrected chi connectivity index (χ2v) is 4.91. The van der Waals surface area contributed by atoms with Crippen LogP contribution < -0.4 is 5.32 Å². The van der Waals surface area contributed by atoms with E-state index >= 15 is 0 Å². The highest BCUT2D eigenvalue weighted by Crippen LogP contribution is 2.23. The van der Waals surface area contributed by atoms with Gasteiger partial charge in [0.1, 0.15) is 5.82 Å². The number of ether oxygens (including phenoxy) is 1. The maximum Gasteiger partial charge on any atom is 0.123 e. The second kappa shape index (κ2) is 5.61. The molecule has 0 heterocycles. The molecule has 17 heavy (non-hydrogen) atoms. The van der Waals surface area contributed by atoms with Gasteiger partial charge in [0.25, 0.3) is 0 Å². The van der Waals surface area contributed by atoms with Gasteiger partial charge in [-0.25, -0.2) is 4.39 Å². The zero-order chi connectivity index (χ0) is 12.3. The molecule has 2 nitrogen and oxygen atoms in total. The molecule has 94 valence electrons. The van der Waals surface area contributed by atoms with Gasteiger partial charge in [-0.15, -0.1) is 0 Å². The van der Waals surface area contributed by atoms with Crippen molar-refractivity contribution in [2.45, 2.75) is 44.9 Å². The smallest absolute Gasteiger partial charge is 0.123 e. The third kappa shape index (κ3) is 4.10. The highest BCUT2D eigenvalue weighted by atomic mass is 19.1. The van der Waals surface area contributed by atoms with Crippen molar-refractivity contribution < 1.29 is 9.13 Å². The summed E-state index contributed by atoms with van der Waals surface area (Å²) in [6.45, 7) is 4.84. The molecule has 0 radical (unpaired) electrons. The first-order valence-electron chi connectivity index (χ1n) is 6.29. The van der Waals surface area contributed by atoms with Crippen LogP contribution in [0.1, 0.15) is 38.4 Å². The standard InChI is InChI=1S/C14H20FNO/c1-10(2)17-14(9-16-13-7-8-13)11-3-5-12(15)6-4-11/h3-6,10,13-14,16H,7-9H2,1-2H3. The molecule has 1 aliphatic carbocycles. The number of halogens is 1. The van der Waals surface area contributed by atoms with E-state index in [0.29, 0.717) is 6.04 Å². The Morgan fingerprint density at radius 2 is 1.94 bits per heavy atom. The monoisotopic (exact) mass is 237 g/mol. The summed E-state index contributed by atoms with van der Waals surface area (Å²) in [4.78, 5) is 0. The van der Waals surface area contributed by atoms with Gasteiger partial charge in [0.2, 0.25) is 0 Å². The van der Waals surface area contributed by atoms with Crippen LogP contribution in [0.2, 0.25) is 0 Å². The Labute approximate surface area is 102 Å². The summed E-state index contributed by atoms with van der Waals surface area (Å²) in [7, 11) is 0. The van der Waals surface area contributed by atoms with Gasteiger partial charge >= 0.3 is 0 Å². The van der Waals surface area contributed by atoms with Crippen molar-refractivity contribution >= 4 is 0 Å². The lowest BCUT2D eigenvalue weighted by molar-refractivity contribution is 0.00690. The van der Waals surface area contributed by atoms with E-state index in [1.807, 2.05) is 13.8 Å². The normalized spacial score (nSPS) is 17.4. The van der Waals surface area contributed by atoms with Crippen LogP contribution in [0.15, 0.2) is 24.3 Å². The zero-order valence-electron chi connectivity index (χ0n) is 10.4. The number of hydrogen-bond donors (Lipinski definition) is 1. The molecular formula is C14H20FNO. The molecule has 0 amide bonds. The Hall–Kier alpha value is -0.930. The molecule has 1 atom stereocenters. The molecule has 1 aromatic carbocycles. The van der Waals surface area contributed by atoms with Crippen LogP contribution in [-0.2, 0) is 4.74 Å². The third-order valence-electron chi connectivity index (χ3n) is 2.85. The lowest BCUT2D eigenvalue weighted by Gasteiger charge is -2.21. The van der Waals surface area contributed by atoms with E-state index in [1.165, 1.54) is 25.0 Å². The Bertz CT molecular complexity index is 346. The topological polar surface area (TPSA) is 21.3 Å². The Balaban J connectivity index is 1.99. The lowest BCUT2D eigenvalue weighted by atomic mass is 10.1. The van der Waals surface area contributed by atoms with Crippen LogP contribution in [0.5, 0.6) is 0 Å². The molecule has 0 bridgehead atoms. The lowest BCUT2D eigenvalue weighted by Crippen LogP contribution is -2.26. The molecule has 1 saturated carbocycles. The fraction of sp³-hybridized carbons (Fsp3) is 0.571. The van der Waals surface area contributed by atoms with Crippen molar-refractivity contribution in [2.75, 3.05) is 6.54 Å². The van der Waals surface area contributed by atoms with E-state index in [0.717, 1.165) is 12.1 Å². The van der Waals surface area contributed by atoms with Crippen LogP contribution in [0, 0.1) is 5.82 Å². The van der Waals surface area contributed by atoms with Gasteiger partial charge in [0, 0.05) is 12.6 Å². The fourth-order valence-electron chi connectivity index (χ4n) is 1.81. The summed E-state index contributed by atoms with van der Waals surface area (Å²) in [5.41, 5.74) is 1.04. The molecule has 0 spiro atoms. The number of nitrogens with one attached hydrogen (secondary N) is 1. The van der Waals surface area contributed by atoms with Crippen LogP contribution >= 0.6 is 0 Å². The SMILES string of the molecule is CC(C)OC(CNC1CC1)c1ccc(F)cc1. The minimum absolute atomic E-state index is 0.0104. The largest absolute Gasteiger partial charge is 0.370 e. The summed E-state index contributed by atoms with van der Waals surface area (Å²) in [6.07, 6.45) is 2.71. The van der Waals surface area contributed by atoms with Gasteiger partial charge in [0.05, 0.1) is 12.2 Å². The molecule has 1 fully saturated rings. The first kappa shape index (κ1) is 12.5. The summed E-state index contributed by atoms with van der Waals surface area (Å²) in [6, 6.07) is 7.24. The summed E-state index contributed by atoms with van der Waals surface area (Å²) in [5.74, 6) is -0.202. The van der Waals surface area contributed by atoms with Gasteiger partial charge in [0.15, 0.2) is 0 Å². The summed E-state index contributed by atoms with van der Waals surface area (Å²) >= 11 is 0. The van der Waals surface area contributed by atoms with Gasteiger partial charge in [-0.1, -0.05) is 12.1 Å². The van der Waals surface area contributed by atoms with Crippen LogP contribution in [0.4, 0.5) is 4.39 Å². The molecule has 1 aliphatic rings. The van der Waals surface area contributed by atoms with Gasteiger partial charge in [-0.3, -0.25) is 0 Å². The van der Waals surface area contributed by atoms with E-state index in [1.54, 1.807) is 12.1 Å². The van der Waals surface area contributed by atoms with Gasteiger partial charge < -0.3 is 10.1 Å². The molecule has 1 N–H and O–H groups in total. The van der Waals surface area contributed by atoms with Gasteiger partial charge in [-0.05, 0) is 44.4 Å². The van der Waals surface area contributed by atoms with Crippen molar-refractivity contribution in [3.05, 3.63) is 35.6 Å². The maximum absolute atomic E-state index is 12.9. The van der Waals surface area contributed by atoms with Gasteiger partial charge in [-0.2, -0.15) is 0 Å². The summed E-state index contributed by atoms with van der Waals surface area (Å²) in [5, 5.41) is 3.46. The van der Waals surface area contributed by atoms with E-state index in [2.05, 4.69) is 5.32 Å². The highest BCUT2D eigenvalue weighted by molar-refractivity contribution is 5.19. The average Bonchev–Trinajstić information content (AvgIpc) is 3.09. The molecule has 1 unspecified atom stereocenters. The van der Waals surface area contributed by atoms with Crippen LogP contribution in [0.3, 0.4) is 0 Å². The predicted molar refractivity (Wildman–Crippen MR) is 66.4 cm³/mol. The third-order valence-corrected chi connectivity index (χ3v) is 2.85. The highest BCUT2D eigenvalue weighted by Gasteiger charge is 2.23. The maximum atomic E-state index is 12.9. The number of hydrogen-bond acceptors (Lipinski definition) is 2. The van der Waals surface area contributed by atoms with Crippen molar-refractivity contribution in [2.24, 2.45) is 0 Å². The molecule has 0 saturated heterocycles. The van der Waals surface area contributed by atoms with Crippen molar-refractivity contribution in [1.82, 2.24) is 5.32 Å². The average molecular weight is 237 g/mol. The molecule has 0 aliphatic heterocycles.